The van der Waals surface area contributed by atoms with Gasteiger partial charge in [0.15, 0.2) is 0 Å². The molecule has 1 aliphatic rings. The van der Waals surface area contributed by atoms with Crippen LogP contribution in [-0.2, 0) is 0 Å². The van der Waals surface area contributed by atoms with Crippen LogP contribution in [0.4, 0.5) is 0 Å². The van der Waals surface area contributed by atoms with E-state index >= 15 is 0 Å². The maximum absolute atomic E-state index is 6.07. The molecule has 1 aromatic carbocycles. The highest BCUT2D eigenvalue weighted by Crippen LogP contribution is 2.24. The number of nitrogens with zero attached hydrogens (tertiary/aromatic N) is 2. The molecule has 1 heterocycles. The predicted octanol–water partition coefficient (Wildman–Crippen LogP) is 2.58. The molecule has 0 aliphatic carbocycles. The van der Waals surface area contributed by atoms with Crippen molar-refractivity contribution in [3.05, 3.63) is 34.9 Å². The van der Waals surface area contributed by atoms with Crippen molar-refractivity contribution in [3.63, 3.8) is 0 Å². The third-order valence-corrected chi connectivity index (χ3v) is 5.06. The Labute approximate surface area is 130 Å². The van der Waals surface area contributed by atoms with Crippen molar-refractivity contribution in [2.45, 2.75) is 32.7 Å². The summed E-state index contributed by atoms with van der Waals surface area (Å²) < 4.78 is 0. The Hall–Kier alpha value is -0.900. The summed E-state index contributed by atoms with van der Waals surface area (Å²) in [5, 5.41) is 0. The molecular weight excluding hydrogens is 258 g/mol. The lowest BCUT2D eigenvalue weighted by Gasteiger charge is -2.35. The molecule has 0 amide bonds. The molecule has 1 aliphatic heterocycles. The Morgan fingerprint density at radius 3 is 2.48 bits per heavy atom. The monoisotopic (exact) mass is 289 g/mol. The van der Waals surface area contributed by atoms with E-state index in [2.05, 4.69) is 55.9 Å². The first-order chi connectivity index (χ1) is 10.0. The molecule has 2 N–H and O–H groups in total. The number of benzene rings is 1. The van der Waals surface area contributed by atoms with Gasteiger partial charge in [0.25, 0.3) is 0 Å². The topological polar surface area (TPSA) is 32.5 Å². The van der Waals surface area contributed by atoms with Crippen molar-refractivity contribution >= 4 is 0 Å². The van der Waals surface area contributed by atoms with Crippen molar-refractivity contribution in [2.75, 3.05) is 40.3 Å². The second-order valence-electron chi connectivity index (χ2n) is 6.78. The molecule has 0 bridgehead atoms. The van der Waals surface area contributed by atoms with Gasteiger partial charge in [-0.1, -0.05) is 18.2 Å². The van der Waals surface area contributed by atoms with Crippen molar-refractivity contribution in [2.24, 2.45) is 11.7 Å². The second-order valence-corrected chi connectivity index (χ2v) is 6.78. The first-order valence-electron chi connectivity index (χ1n) is 8.17. The molecular formula is C18H31N3. The lowest BCUT2D eigenvalue weighted by atomic mass is 9.94. The summed E-state index contributed by atoms with van der Waals surface area (Å²) in [6.07, 6.45) is 2.62. The summed E-state index contributed by atoms with van der Waals surface area (Å²) in [6, 6.07) is 7.10. The van der Waals surface area contributed by atoms with E-state index in [9.17, 15) is 0 Å². The van der Waals surface area contributed by atoms with E-state index in [1.54, 1.807) is 0 Å². The molecule has 3 heteroatoms. The zero-order valence-corrected chi connectivity index (χ0v) is 14.1. The first kappa shape index (κ1) is 16.5. The molecule has 21 heavy (non-hydrogen) atoms. The standard InChI is InChI=1S/C18H31N3/c1-14-5-6-17(11-15(14)2)18(12-19)21(4)13-16-7-9-20(3)10-8-16/h5-6,11,16,18H,7-10,12-13,19H2,1-4H3. The zero-order valence-electron chi connectivity index (χ0n) is 14.1. The second kappa shape index (κ2) is 7.39. The summed E-state index contributed by atoms with van der Waals surface area (Å²) in [6.45, 7) is 8.65. The van der Waals surface area contributed by atoms with E-state index in [0.717, 1.165) is 12.5 Å². The van der Waals surface area contributed by atoms with Gasteiger partial charge in [-0.25, -0.2) is 0 Å². The van der Waals surface area contributed by atoms with Crippen LogP contribution >= 0.6 is 0 Å². The zero-order chi connectivity index (χ0) is 15.4. The Kier molecular flexibility index (Phi) is 5.80. The van der Waals surface area contributed by atoms with Gasteiger partial charge in [-0.3, -0.25) is 4.90 Å². The molecule has 1 unspecified atom stereocenters. The average molecular weight is 289 g/mol. The lowest BCUT2D eigenvalue weighted by molar-refractivity contribution is 0.151. The number of hydrogen-bond acceptors (Lipinski definition) is 3. The summed E-state index contributed by atoms with van der Waals surface area (Å²) in [5.41, 5.74) is 10.1. The van der Waals surface area contributed by atoms with Crippen LogP contribution in [0.25, 0.3) is 0 Å². The normalized spacial score (nSPS) is 19.1. The van der Waals surface area contributed by atoms with Gasteiger partial charge in [-0.15, -0.1) is 0 Å². The number of aryl methyl sites for hydroxylation is 2. The lowest BCUT2D eigenvalue weighted by Crippen LogP contribution is -2.38. The van der Waals surface area contributed by atoms with Gasteiger partial charge in [0.2, 0.25) is 0 Å². The summed E-state index contributed by atoms with van der Waals surface area (Å²) in [5.74, 6) is 0.812. The number of piperidine rings is 1. The van der Waals surface area contributed by atoms with Crippen molar-refractivity contribution in [1.29, 1.82) is 0 Å². The van der Waals surface area contributed by atoms with Gasteiger partial charge in [0, 0.05) is 19.1 Å². The minimum Gasteiger partial charge on any atom is -0.329 e. The third-order valence-electron chi connectivity index (χ3n) is 5.06. The van der Waals surface area contributed by atoms with Gasteiger partial charge < -0.3 is 10.6 Å². The quantitative estimate of drug-likeness (QED) is 0.904. The summed E-state index contributed by atoms with van der Waals surface area (Å²) in [7, 11) is 4.45. The van der Waals surface area contributed by atoms with Gasteiger partial charge in [-0.2, -0.15) is 0 Å². The molecule has 3 nitrogen and oxygen atoms in total. The van der Waals surface area contributed by atoms with Gasteiger partial charge in [0.05, 0.1) is 0 Å². The van der Waals surface area contributed by atoms with Gasteiger partial charge in [0.1, 0.15) is 0 Å². The molecule has 2 rings (SSSR count). The van der Waals surface area contributed by atoms with Gasteiger partial charge >= 0.3 is 0 Å². The fraction of sp³-hybridized carbons (Fsp3) is 0.667. The Morgan fingerprint density at radius 1 is 1.24 bits per heavy atom. The predicted molar refractivity (Wildman–Crippen MR) is 90.6 cm³/mol. The van der Waals surface area contributed by atoms with Crippen LogP contribution in [0.15, 0.2) is 18.2 Å². The minimum absolute atomic E-state index is 0.337. The van der Waals surface area contributed by atoms with E-state index in [4.69, 9.17) is 5.73 Å². The number of hydrogen-bond donors (Lipinski definition) is 1. The highest BCUT2D eigenvalue weighted by Gasteiger charge is 2.22. The van der Waals surface area contributed by atoms with Crippen molar-refractivity contribution in [3.8, 4) is 0 Å². The molecule has 1 saturated heterocycles. The molecule has 1 atom stereocenters. The van der Waals surface area contributed by atoms with Crippen molar-refractivity contribution < 1.29 is 0 Å². The van der Waals surface area contributed by atoms with Gasteiger partial charge in [-0.05, 0) is 76.5 Å². The number of likely N-dealkylation sites (N-methyl/N-ethyl adjacent to an activating group) is 1. The summed E-state index contributed by atoms with van der Waals surface area (Å²) in [4.78, 5) is 4.89. The van der Waals surface area contributed by atoms with E-state index in [0.29, 0.717) is 12.6 Å². The average Bonchev–Trinajstić information content (AvgIpc) is 2.46. The van der Waals surface area contributed by atoms with E-state index in [-0.39, 0.29) is 0 Å². The third kappa shape index (κ3) is 4.29. The molecule has 0 aromatic heterocycles. The Balaban J connectivity index is 2.00. The summed E-state index contributed by atoms with van der Waals surface area (Å²) >= 11 is 0. The highest BCUT2D eigenvalue weighted by molar-refractivity contribution is 5.31. The molecule has 0 spiro atoms. The Bertz CT molecular complexity index is 450. The van der Waals surface area contributed by atoms with E-state index in [1.165, 1.54) is 42.6 Å². The van der Waals surface area contributed by atoms with Crippen LogP contribution in [-0.4, -0.2) is 50.1 Å². The molecule has 0 radical (unpaired) electrons. The van der Waals surface area contributed by atoms with Crippen LogP contribution in [0.1, 0.15) is 35.6 Å². The van der Waals surface area contributed by atoms with E-state index in [1.807, 2.05) is 0 Å². The van der Waals surface area contributed by atoms with Crippen LogP contribution < -0.4 is 5.73 Å². The minimum atomic E-state index is 0.337. The largest absolute Gasteiger partial charge is 0.329 e. The Morgan fingerprint density at radius 2 is 1.90 bits per heavy atom. The fourth-order valence-corrected chi connectivity index (χ4v) is 3.32. The highest BCUT2D eigenvalue weighted by atomic mass is 15.1. The molecule has 0 saturated carbocycles. The maximum atomic E-state index is 6.07. The number of rotatable bonds is 5. The van der Waals surface area contributed by atoms with E-state index < -0.39 is 0 Å². The molecule has 118 valence electrons. The number of likely N-dealkylation sites (tertiary alicyclic amines) is 1. The fourth-order valence-electron chi connectivity index (χ4n) is 3.32. The van der Waals surface area contributed by atoms with Crippen LogP contribution in [0.5, 0.6) is 0 Å². The van der Waals surface area contributed by atoms with Crippen molar-refractivity contribution in [1.82, 2.24) is 9.80 Å². The smallest absolute Gasteiger partial charge is 0.0467 e. The SMILES string of the molecule is Cc1ccc(C(CN)N(C)CC2CCN(C)CC2)cc1C. The number of nitrogens with two attached hydrogens (primary N) is 1. The van der Waals surface area contributed by atoms with Crippen LogP contribution in [0.2, 0.25) is 0 Å². The van der Waals surface area contributed by atoms with Crippen LogP contribution in [0.3, 0.4) is 0 Å². The maximum Gasteiger partial charge on any atom is 0.0467 e. The van der Waals surface area contributed by atoms with Crippen LogP contribution in [0, 0.1) is 19.8 Å². The molecule has 1 fully saturated rings. The molecule has 1 aromatic rings. The first-order valence-corrected chi connectivity index (χ1v) is 8.17.